The van der Waals surface area contributed by atoms with Crippen LogP contribution in [0.5, 0.6) is 0 Å². The van der Waals surface area contributed by atoms with E-state index in [4.69, 9.17) is 4.74 Å². The lowest BCUT2D eigenvalue weighted by Gasteiger charge is -2.22. The van der Waals surface area contributed by atoms with Crippen molar-refractivity contribution in [1.29, 1.82) is 0 Å². The first-order valence-corrected chi connectivity index (χ1v) is 9.44. The number of likely N-dealkylation sites (tertiary alicyclic amines) is 1. The van der Waals surface area contributed by atoms with Gasteiger partial charge in [0.1, 0.15) is 0 Å². The van der Waals surface area contributed by atoms with E-state index in [-0.39, 0.29) is 5.91 Å². The number of methoxy groups -OCH3 is 1. The van der Waals surface area contributed by atoms with Crippen LogP contribution in [0.2, 0.25) is 0 Å². The standard InChI is InChI=1S/C18H34N4O2/c1-19-18(22-11-8-16(13-22)14-24-2)21-10-9-20-17(23)12-15-6-4-3-5-7-15/h15-16H,3-14H2,1-2H3,(H,19,21)(H,20,23). The fourth-order valence-electron chi connectivity index (χ4n) is 3.83. The highest BCUT2D eigenvalue weighted by atomic mass is 16.5. The maximum absolute atomic E-state index is 12.0. The molecular formula is C18H34N4O2. The first kappa shape index (κ1) is 19.0. The topological polar surface area (TPSA) is 66.0 Å². The van der Waals surface area contributed by atoms with Crippen LogP contribution in [0.4, 0.5) is 0 Å². The van der Waals surface area contributed by atoms with Gasteiger partial charge in [-0.1, -0.05) is 19.3 Å². The van der Waals surface area contributed by atoms with Crippen LogP contribution >= 0.6 is 0 Å². The van der Waals surface area contributed by atoms with Gasteiger partial charge in [-0.25, -0.2) is 0 Å². The third kappa shape index (κ3) is 6.30. The Morgan fingerprint density at radius 2 is 1.88 bits per heavy atom. The fourth-order valence-corrected chi connectivity index (χ4v) is 3.83. The molecule has 0 spiro atoms. The van der Waals surface area contributed by atoms with Gasteiger partial charge in [0.15, 0.2) is 5.96 Å². The largest absolute Gasteiger partial charge is 0.384 e. The zero-order chi connectivity index (χ0) is 17.2. The number of nitrogens with zero attached hydrogens (tertiary/aromatic N) is 2. The highest BCUT2D eigenvalue weighted by Crippen LogP contribution is 2.25. The van der Waals surface area contributed by atoms with Crippen molar-refractivity contribution < 1.29 is 9.53 Å². The minimum atomic E-state index is 0.194. The van der Waals surface area contributed by atoms with E-state index in [1.165, 1.54) is 32.1 Å². The molecule has 2 rings (SSSR count). The van der Waals surface area contributed by atoms with Crippen LogP contribution in [0.15, 0.2) is 4.99 Å². The minimum absolute atomic E-state index is 0.194. The summed E-state index contributed by atoms with van der Waals surface area (Å²) in [5, 5.41) is 6.39. The van der Waals surface area contributed by atoms with Crippen molar-refractivity contribution >= 4 is 11.9 Å². The van der Waals surface area contributed by atoms with E-state index in [9.17, 15) is 4.79 Å². The van der Waals surface area contributed by atoms with Crippen molar-refractivity contribution in [3.63, 3.8) is 0 Å². The van der Waals surface area contributed by atoms with Crippen molar-refractivity contribution in [2.45, 2.75) is 44.9 Å². The number of rotatable bonds is 7. The zero-order valence-corrected chi connectivity index (χ0v) is 15.4. The summed E-state index contributed by atoms with van der Waals surface area (Å²) in [4.78, 5) is 18.6. The molecule has 6 nitrogen and oxygen atoms in total. The average Bonchev–Trinajstić information content (AvgIpc) is 3.04. The lowest BCUT2D eigenvalue weighted by molar-refractivity contribution is -0.122. The van der Waals surface area contributed by atoms with Gasteiger partial charge in [-0.2, -0.15) is 0 Å². The molecular weight excluding hydrogens is 304 g/mol. The summed E-state index contributed by atoms with van der Waals surface area (Å²) in [6, 6.07) is 0. The molecule has 0 aromatic carbocycles. The Labute approximate surface area is 146 Å². The van der Waals surface area contributed by atoms with Gasteiger partial charge in [-0.15, -0.1) is 0 Å². The molecule has 0 aromatic rings. The molecule has 1 saturated carbocycles. The number of hydrogen-bond donors (Lipinski definition) is 2. The highest BCUT2D eigenvalue weighted by molar-refractivity contribution is 5.80. The summed E-state index contributed by atoms with van der Waals surface area (Å²) in [5.41, 5.74) is 0. The van der Waals surface area contributed by atoms with E-state index in [1.807, 2.05) is 7.05 Å². The highest BCUT2D eigenvalue weighted by Gasteiger charge is 2.24. The number of ether oxygens (including phenoxy) is 1. The smallest absolute Gasteiger partial charge is 0.220 e. The van der Waals surface area contributed by atoms with Crippen molar-refractivity contribution in [2.75, 3.05) is 46.9 Å². The van der Waals surface area contributed by atoms with Crippen molar-refractivity contribution in [3.8, 4) is 0 Å². The number of carbonyl (C=O) groups is 1. The molecule has 1 heterocycles. The molecule has 24 heavy (non-hydrogen) atoms. The number of nitrogens with one attached hydrogen (secondary N) is 2. The van der Waals surface area contributed by atoms with E-state index in [0.29, 0.717) is 31.3 Å². The van der Waals surface area contributed by atoms with Crippen molar-refractivity contribution in [3.05, 3.63) is 0 Å². The monoisotopic (exact) mass is 338 g/mol. The summed E-state index contributed by atoms with van der Waals surface area (Å²) in [6.07, 6.45) is 8.19. The Morgan fingerprint density at radius 3 is 2.58 bits per heavy atom. The molecule has 1 amide bonds. The van der Waals surface area contributed by atoms with Gasteiger partial charge in [-0.3, -0.25) is 9.79 Å². The predicted octanol–water partition coefficient (Wildman–Crippen LogP) is 1.62. The molecule has 0 aromatic heterocycles. The number of hydrogen-bond acceptors (Lipinski definition) is 3. The number of guanidine groups is 1. The molecule has 0 bridgehead atoms. The van der Waals surface area contributed by atoms with Gasteiger partial charge in [0.05, 0.1) is 6.61 Å². The fraction of sp³-hybridized carbons (Fsp3) is 0.889. The maximum Gasteiger partial charge on any atom is 0.220 e. The van der Waals surface area contributed by atoms with Crippen LogP contribution < -0.4 is 10.6 Å². The molecule has 1 aliphatic heterocycles. The second-order valence-electron chi connectivity index (χ2n) is 7.09. The molecule has 1 saturated heterocycles. The van der Waals surface area contributed by atoms with Crippen LogP contribution in [0.25, 0.3) is 0 Å². The summed E-state index contributed by atoms with van der Waals surface area (Å²) >= 11 is 0. The summed E-state index contributed by atoms with van der Waals surface area (Å²) in [6.45, 7) is 4.18. The molecule has 2 fully saturated rings. The molecule has 2 aliphatic rings. The van der Waals surface area contributed by atoms with Crippen LogP contribution in [-0.2, 0) is 9.53 Å². The Kier molecular flexibility index (Phi) is 8.36. The molecule has 1 unspecified atom stereocenters. The van der Waals surface area contributed by atoms with Gasteiger partial charge >= 0.3 is 0 Å². The molecule has 1 aliphatic carbocycles. The van der Waals surface area contributed by atoms with Crippen LogP contribution in [0, 0.1) is 11.8 Å². The van der Waals surface area contributed by atoms with Gasteiger partial charge in [0.25, 0.3) is 0 Å². The lowest BCUT2D eigenvalue weighted by atomic mass is 9.87. The Balaban J connectivity index is 1.59. The molecule has 0 radical (unpaired) electrons. The van der Waals surface area contributed by atoms with E-state index < -0.39 is 0 Å². The van der Waals surface area contributed by atoms with Crippen LogP contribution in [-0.4, -0.2) is 63.7 Å². The second-order valence-corrected chi connectivity index (χ2v) is 7.09. The molecule has 1 atom stereocenters. The summed E-state index contributed by atoms with van der Waals surface area (Å²) in [7, 11) is 3.57. The maximum atomic E-state index is 12.0. The lowest BCUT2D eigenvalue weighted by Crippen LogP contribution is -2.43. The van der Waals surface area contributed by atoms with Crippen LogP contribution in [0.1, 0.15) is 44.9 Å². The molecule has 2 N–H and O–H groups in total. The molecule has 6 heteroatoms. The Hall–Kier alpha value is -1.30. The number of carbonyl (C=O) groups excluding carboxylic acids is 1. The quantitative estimate of drug-likeness (QED) is 0.420. The van der Waals surface area contributed by atoms with Gasteiger partial charge < -0.3 is 20.3 Å². The van der Waals surface area contributed by atoms with E-state index in [0.717, 1.165) is 32.1 Å². The van der Waals surface area contributed by atoms with Gasteiger partial charge in [-0.05, 0) is 25.2 Å². The summed E-state index contributed by atoms with van der Waals surface area (Å²) in [5.74, 6) is 2.31. The van der Waals surface area contributed by atoms with Crippen molar-refractivity contribution in [1.82, 2.24) is 15.5 Å². The predicted molar refractivity (Wildman–Crippen MR) is 97.1 cm³/mol. The van der Waals surface area contributed by atoms with E-state index in [1.54, 1.807) is 7.11 Å². The third-order valence-electron chi connectivity index (χ3n) is 5.13. The van der Waals surface area contributed by atoms with E-state index in [2.05, 4.69) is 20.5 Å². The normalized spacial score (nSPS) is 22.7. The SMILES string of the molecule is CN=C(NCCNC(=O)CC1CCCCC1)N1CCC(COC)C1. The summed E-state index contributed by atoms with van der Waals surface area (Å²) < 4.78 is 5.24. The number of aliphatic imine (C=N–C) groups is 1. The van der Waals surface area contributed by atoms with E-state index >= 15 is 0 Å². The Bertz CT molecular complexity index is 408. The Morgan fingerprint density at radius 1 is 1.12 bits per heavy atom. The first-order valence-electron chi connectivity index (χ1n) is 9.44. The van der Waals surface area contributed by atoms with Crippen LogP contribution in [0.3, 0.4) is 0 Å². The minimum Gasteiger partial charge on any atom is -0.384 e. The van der Waals surface area contributed by atoms with Gasteiger partial charge in [0, 0.05) is 52.7 Å². The second kappa shape index (κ2) is 10.5. The third-order valence-corrected chi connectivity index (χ3v) is 5.13. The van der Waals surface area contributed by atoms with Gasteiger partial charge in [0.2, 0.25) is 5.91 Å². The first-order chi connectivity index (χ1) is 11.7. The molecule has 138 valence electrons. The van der Waals surface area contributed by atoms with Crippen molar-refractivity contribution in [2.24, 2.45) is 16.8 Å². The zero-order valence-electron chi connectivity index (χ0n) is 15.4. The average molecular weight is 338 g/mol. The number of amides is 1.